The molecule has 1 aliphatic heterocycles. The number of fused-ring (bicyclic) bond motifs is 3. The molecule has 0 radical (unpaired) electrons. The Hall–Kier alpha value is -3.86. The molecule has 0 aromatic heterocycles. The Labute approximate surface area is 194 Å². The molecule has 5 rings (SSSR count). The predicted octanol–water partition coefficient (Wildman–Crippen LogP) is 5.68. The first kappa shape index (κ1) is 21.0. The van der Waals surface area contributed by atoms with E-state index in [-0.39, 0.29) is 5.91 Å². The summed E-state index contributed by atoms with van der Waals surface area (Å²) in [6, 6.07) is 24.3. The van der Waals surface area contributed by atoms with E-state index in [1.54, 1.807) is 31.4 Å². The van der Waals surface area contributed by atoms with Crippen LogP contribution in [-0.2, 0) is 0 Å². The zero-order chi connectivity index (χ0) is 22.8. The molecule has 0 unspecified atom stereocenters. The van der Waals surface area contributed by atoms with Crippen LogP contribution >= 0.6 is 0 Å². The number of carbonyl (C=O) groups excluding carboxylic acids is 1. The second kappa shape index (κ2) is 8.94. The molecule has 0 saturated carbocycles. The van der Waals surface area contributed by atoms with E-state index in [9.17, 15) is 4.79 Å². The lowest BCUT2D eigenvalue weighted by Crippen LogP contribution is -2.29. The number of hydrazone groups is 1. The third-order valence-electron chi connectivity index (χ3n) is 6.62. The highest BCUT2D eigenvalue weighted by molar-refractivity contribution is 6.01. The van der Waals surface area contributed by atoms with Crippen molar-refractivity contribution in [2.75, 3.05) is 12.4 Å². The van der Waals surface area contributed by atoms with E-state index in [1.165, 1.54) is 11.1 Å². The van der Waals surface area contributed by atoms with Gasteiger partial charge in [0.05, 0.1) is 18.9 Å². The van der Waals surface area contributed by atoms with Gasteiger partial charge in [0.15, 0.2) is 0 Å². The zero-order valence-electron chi connectivity index (χ0n) is 18.8. The number of ether oxygens (including phenoxy) is 1. The van der Waals surface area contributed by atoms with Crippen LogP contribution in [0.2, 0.25) is 0 Å². The SMILES string of the molecule is COc1ccc(C(=O)N/N=C(\C)c2ccc3c(c2)[C@H]2C=CC[C@H]2[C@@H](c2ccccc2)N3)cc1. The summed E-state index contributed by atoms with van der Waals surface area (Å²) >= 11 is 0. The molecule has 1 amide bonds. The van der Waals surface area contributed by atoms with Crippen molar-refractivity contribution in [3.63, 3.8) is 0 Å². The van der Waals surface area contributed by atoms with Crippen LogP contribution in [0.15, 0.2) is 90.0 Å². The number of rotatable bonds is 5. The monoisotopic (exact) mass is 437 g/mol. The highest BCUT2D eigenvalue weighted by atomic mass is 16.5. The van der Waals surface area contributed by atoms with Gasteiger partial charge in [0.1, 0.15) is 5.75 Å². The average molecular weight is 438 g/mol. The first-order valence-electron chi connectivity index (χ1n) is 11.2. The van der Waals surface area contributed by atoms with Crippen LogP contribution in [0.4, 0.5) is 5.69 Å². The number of hydrogen-bond donors (Lipinski definition) is 2. The molecular weight excluding hydrogens is 410 g/mol. The zero-order valence-corrected chi connectivity index (χ0v) is 18.8. The second-order valence-corrected chi connectivity index (χ2v) is 8.55. The fourth-order valence-corrected chi connectivity index (χ4v) is 4.82. The third-order valence-corrected chi connectivity index (χ3v) is 6.62. The van der Waals surface area contributed by atoms with Gasteiger partial charge in [0.25, 0.3) is 5.91 Å². The Balaban J connectivity index is 1.36. The number of hydrogen-bond acceptors (Lipinski definition) is 4. The van der Waals surface area contributed by atoms with Crippen molar-refractivity contribution in [2.24, 2.45) is 11.0 Å². The predicted molar refractivity (Wildman–Crippen MR) is 132 cm³/mol. The number of methoxy groups -OCH3 is 1. The molecule has 2 aliphatic rings. The highest BCUT2D eigenvalue weighted by Crippen LogP contribution is 2.49. The van der Waals surface area contributed by atoms with Gasteiger partial charge in [-0.1, -0.05) is 48.6 Å². The Morgan fingerprint density at radius 2 is 1.79 bits per heavy atom. The van der Waals surface area contributed by atoms with Gasteiger partial charge >= 0.3 is 0 Å². The van der Waals surface area contributed by atoms with Crippen molar-refractivity contribution in [3.05, 3.63) is 107 Å². The minimum absolute atomic E-state index is 0.249. The fraction of sp³-hybridized carbons (Fsp3) is 0.214. The molecule has 1 heterocycles. The van der Waals surface area contributed by atoms with E-state index in [1.807, 2.05) is 6.92 Å². The lowest BCUT2D eigenvalue weighted by Gasteiger charge is -2.37. The van der Waals surface area contributed by atoms with Crippen molar-refractivity contribution >= 4 is 17.3 Å². The lowest BCUT2D eigenvalue weighted by atomic mass is 9.76. The number of nitrogens with zero attached hydrogens (tertiary/aromatic N) is 1. The fourth-order valence-electron chi connectivity index (χ4n) is 4.82. The van der Waals surface area contributed by atoms with Gasteiger partial charge in [-0.2, -0.15) is 5.10 Å². The highest BCUT2D eigenvalue weighted by Gasteiger charge is 2.37. The van der Waals surface area contributed by atoms with Crippen LogP contribution in [0, 0.1) is 5.92 Å². The standard InChI is InChI=1S/C28H27N3O2/c1-18(30-31-28(32)20-11-14-22(33-2)15-12-20)21-13-16-26-25(17-21)23-9-6-10-24(23)27(29-26)19-7-4-3-5-8-19/h3-9,11-17,23-24,27,29H,10H2,1-2H3,(H,31,32)/b30-18+/t23-,24+,27+/m0/s1. The van der Waals surface area contributed by atoms with E-state index in [0.29, 0.717) is 29.2 Å². The number of allylic oxidation sites excluding steroid dienone is 2. The molecule has 0 bridgehead atoms. The van der Waals surface area contributed by atoms with Gasteiger partial charge in [-0.3, -0.25) is 4.79 Å². The van der Waals surface area contributed by atoms with Crippen LogP contribution in [0.3, 0.4) is 0 Å². The number of nitrogens with one attached hydrogen (secondary N) is 2. The Morgan fingerprint density at radius 3 is 2.55 bits per heavy atom. The quantitative estimate of drug-likeness (QED) is 0.307. The van der Waals surface area contributed by atoms with Gasteiger partial charge in [-0.05, 0) is 72.4 Å². The summed E-state index contributed by atoms with van der Waals surface area (Å²) in [7, 11) is 1.60. The molecule has 3 atom stereocenters. The van der Waals surface area contributed by atoms with Crippen molar-refractivity contribution in [1.29, 1.82) is 0 Å². The van der Waals surface area contributed by atoms with Crippen LogP contribution < -0.4 is 15.5 Å². The maximum atomic E-state index is 12.5. The van der Waals surface area contributed by atoms with E-state index >= 15 is 0 Å². The van der Waals surface area contributed by atoms with Gasteiger partial charge in [-0.15, -0.1) is 0 Å². The van der Waals surface area contributed by atoms with E-state index < -0.39 is 0 Å². The molecule has 0 saturated heterocycles. The van der Waals surface area contributed by atoms with Crippen LogP contribution in [0.5, 0.6) is 5.75 Å². The molecule has 0 spiro atoms. The normalized spacial score (nSPS) is 21.0. The average Bonchev–Trinajstić information content (AvgIpc) is 3.37. The molecule has 5 heteroatoms. The molecule has 1 aliphatic carbocycles. The van der Waals surface area contributed by atoms with Crippen LogP contribution in [0.1, 0.15) is 52.4 Å². The van der Waals surface area contributed by atoms with Gasteiger partial charge in [0.2, 0.25) is 0 Å². The lowest BCUT2D eigenvalue weighted by molar-refractivity contribution is 0.0955. The van der Waals surface area contributed by atoms with E-state index in [4.69, 9.17) is 4.74 Å². The first-order chi connectivity index (χ1) is 16.1. The van der Waals surface area contributed by atoms with Gasteiger partial charge in [0, 0.05) is 17.2 Å². The summed E-state index contributed by atoms with van der Waals surface area (Å²) in [4.78, 5) is 12.5. The minimum atomic E-state index is -0.249. The summed E-state index contributed by atoms with van der Waals surface area (Å²) in [5.41, 5.74) is 8.75. The Kier molecular flexibility index (Phi) is 5.69. The maximum Gasteiger partial charge on any atom is 0.271 e. The smallest absolute Gasteiger partial charge is 0.271 e. The van der Waals surface area contributed by atoms with Gasteiger partial charge in [-0.25, -0.2) is 5.43 Å². The van der Waals surface area contributed by atoms with Gasteiger partial charge < -0.3 is 10.1 Å². The van der Waals surface area contributed by atoms with Crippen molar-refractivity contribution in [3.8, 4) is 5.75 Å². The van der Waals surface area contributed by atoms with Crippen molar-refractivity contribution in [1.82, 2.24) is 5.43 Å². The summed E-state index contributed by atoms with van der Waals surface area (Å²) in [6.07, 6.45) is 5.69. The molecule has 3 aromatic rings. The third kappa shape index (κ3) is 4.14. The Bertz CT molecular complexity index is 1220. The molecule has 33 heavy (non-hydrogen) atoms. The Morgan fingerprint density at radius 1 is 1.03 bits per heavy atom. The molecule has 166 valence electrons. The number of anilines is 1. The summed E-state index contributed by atoms with van der Waals surface area (Å²) in [6.45, 7) is 1.92. The first-order valence-corrected chi connectivity index (χ1v) is 11.2. The number of amides is 1. The topological polar surface area (TPSA) is 62.7 Å². The van der Waals surface area contributed by atoms with Crippen molar-refractivity contribution in [2.45, 2.75) is 25.3 Å². The van der Waals surface area contributed by atoms with Crippen LogP contribution in [0.25, 0.3) is 0 Å². The molecular formula is C28H27N3O2. The molecule has 5 nitrogen and oxygen atoms in total. The molecule has 3 aromatic carbocycles. The maximum absolute atomic E-state index is 12.5. The number of benzene rings is 3. The van der Waals surface area contributed by atoms with E-state index in [0.717, 1.165) is 23.4 Å². The summed E-state index contributed by atoms with van der Waals surface area (Å²) in [5.74, 6) is 1.32. The van der Waals surface area contributed by atoms with Crippen molar-refractivity contribution < 1.29 is 9.53 Å². The largest absolute Gasteiger partial charge is 0.497 e. The number of carbonyl (C=O) groups is 1. The van der Waals surface area contributed by atoms with Crippen LogP contribution in [-0.4, -0.2) is 18.7 Å². The van der Waals surface area contributed by atoms with E-state index in [2.05, 4.69) is 76.5 Å². The summed E-state index contributed by atoms with van der Waals surface area (Å²) < 4.78 is 5.14. The molecule has 0 fully saturated rings. The molecule has 2 N–H and O–H groups in total. The summed E-state index contributed by atoms with van der Waals surface area (Å²) in [5, 5.41) is 8.13. The second-order valence-electron chi connectivity index (χ2n) is 8.55. The minimum Gasteiger partial charge on any atom is -0.497 e.